The van der Waals surface area contributed by atoms with Crippen molar-refractivity contribution in [1.82, 2.24) is 15.5 Å². The summed E-state index contributed by atoms with van der Waals surface area (Å²) in [6, 6.07) is 4.53. The van der Waals surface area contributed by atoms with Gasteiger partial charge in [-0.05, 0) is 30.5 Å². The molecule has 1 aromatic rings. The van der Waals surface area contributed by atoms with Gasteiger partial charge in [0.15, 0.2) is 5.96 Å². The predicted octanol–water partition coefficient (Wildman–Crippen LogP) is 1.78. The van der Waals surface area contributed by atoms with E-state index in [2.05, 4.69) is 15.6 Å². The van der Waals surface area contributed by atoms with E-state index < -0.39 is 0 Å². The molecule has 0 aliphatic heterocycles. The van der Waals surface area contributed by atoms with E-state index in [-0.39, 0.29) is 23.7 Å². The molecule has 0 heterocycles. The lowest BCUT2D eigenvalue weighted by Crippen LogP contribution is -2.43. The molecule has 26 heavy (non-hydrogen) atoms. The molecule has 1 aliphatic carbocycles. The highest BCUT2D eigenvalue weighted by Gasteiger charge is 2.45. The standard InChI is InChI=1S/C18H26ClFN4O2/c1-24(2)16(25)11-22-17(21-8-9-26-3)23-12-18(6-7-18)14-5-4-13(20)10-15(14)19/h4-5,10H,6-9,11-12H2,1-3H3,(H2,21,22,23). The second-order valence-electron chi connectivity index (χ2n) is 6.63. The number of nitrogens with zero attached hydrogens (tertiary/aromatic N) is 2. The highest BCUT2D eigenvalue weighted by atomic mass is 35.5. The van der Waals surface area contributed by atoms with Gasteiger partial charge >= 0.3 is 0 Å². The summed E-state index contributed by atoms with van der Waals surface area (Å²) in [5.74, 6) is 0.121. The summed E-state index contributed by atoms with van der Waals surface area (Å²) in [5, 5.41) is 6.86. The van der Waals surface area contributed by atoms with Crippen molar-refractivity contribution < 1.29 is 13.9 Å². The van der Waals surface area contributed by atoms with Gasteiger partial charge < -0.3 is 20.3 Å². The number of rotatable bonds is 8. The first-order valence-corrected chi connectivity index (χ1v) is 8.92. The molecule has 1 amide bonds. The van der Waals surface area contributed by atoms with Crippen molar-refractivity contribution in [2.24, 2.45) is 4.99 Å². The van der Waals surface area contributed by atoms with Crippen LogP contribution < -0.4 is 10.6 Å². The number of carbonyl (C=O) groups excluding carboxylic acids is 1. The highest BCUT2D eigenvalue weighted by molar-refractivity contribution is 6.31. The lowest BCUT2D eigenvalue weighted by atomic mass is 9.96. The molecule has 1 fully saturated rings. The van der Waals surface area contributed by atoms with Gasteiger partial charge in [-0.25, -0.2) is 9.38 Å². The number of benzene rings is 1. The first-order chi connectivity index (χ1) is 12.4. The number of nitrogens with one attached hydrogen (secondary N) is 2. The third kappa shape index (κ3) is 5.57. The van der Waals surface area contributed by atoms with Crippen LogP contribution in [0.5, 0.6) is 0 Å². The molecule has 0 saturated heterocycles. The molecule has 0 aromatic heterocycles. The Morgan fingerprint density at radius 2 is 2.12 bits per heavy atom. The molecular formula is C18H26ClFN4O2. The number of carbonyl (C=O) groups is 1. The zero-order valence-corrected chi connectivity index (χ0v) is 16.2. The van der Waals surface area contributed by atoms with E-state index in [9.17, 15) is 9.18 Å². The Morgan fingerprint density at radius 1 is 1.38 bits per heavy atom. The fourth-order valence-corrected chi connectivity index (χ4v) is 2.97. The maximum Gasteiger partial charge on any atom is 0.243 e. The van der Waals surface area contributed by atoms with Gasteiger partial charge in [-0.15, -0.1) is 0 Å². The second kappa shape index (κ2) is 9.19. The van der Waals surface area contributed by atoms with Crippen molar-refractivity contribution in [3.63, 3.8) is 0 Å². The Labute approximate surface area is 158 Å². The minimum Gasteiger partial charge on any atom is -0.383 e. The monoisotopic (exact) mass is 384 g/mol. The average Bonchev–Trinajstić information content (AvgIpc) is 3.37. The molecule has 0 bridgehead atoms. The Balaban J connectivity index is 2.03. The molecule has 1 aliphatic rings. The van der Waals surface area contributed by atoms with E-state index >= 15 is 0 Å². The Kier molecular flexibility index (Phi) is 7.23. The third-order valence-electron chi connectivity index (χ3n) is 4.42. The van der Waals surface area contributed by atoms with Crippen molar-refractivity contribution >= 4 is 23.5 Å². The molecule has 2 rings (SSSR count). The van der Waals surface area contributed by atoms with Crippen molar-refractivity contribution in [1.29, 1.82) is 0 Å². The van der Waals surface area contributed by atoms with Crippen LogP contribution in [0.1, 0.15) is 18.4 Å². The van der Waals surface area contributed by atoms with E-state index in [1.807, 2.05) is 0 Å². The van der Waals surface area contributed by atoms with Crippen LogP contribution in [0.15, 0.2) is 23.2 Å². The summed E-state index contributed by atoms with van der Waals surface area (Å²) in [5.41, 5.74) is 0.814. The summed E-state index contributed by atoms with van der Waals surface area (Å²) in [7, 11) is 5.01. The predicted molar refractivity (Wildman–Crippen MR) is 101 cm³/mol. The lowest BCUT2D eigenvalue weighted by molar-refractivity contribution is -0.127. The summed E-state index contributed by atoms with van der Waals surface area (Å²) in [6.07, 6.45) is 1.93. The van der Waals surface area contributed by atoms with Gasteiger partial charge in [-0.1, -0.05) is 17.7 Å². The van der Waals surface area contributed by atoms with Crippen LogP contribution in [-0.2, 0) is 14.9 Å². The maximum atomic E-state index is 13.3. The quantitative estimate of drug-likeness (QED) is 0.407. The van der Waals surface area contributed by atoms with Crippen LogP contribution in [0, 0.1) is 5.82 Å². The number of methoxy groups -OCH3 is 1. The van der Waals surface area contributed by atoms with Gasteiger partial charge in [-0.2, -0.15) is 0 Å². The highest BCUT2D eigenvalue weighted by Crippen LogP contribution is 2.50. The van der Waals surface area contributed by atoms with Crippen molar-refractivity contribution in [3.05, 3.63) is 34.6 Å². The van der Waals surface area contributed by atoms with Crippen molar-refractivity contribution in [2.45, 2.75) is 18.3 Å². The number of hydrogen-bond donors (Lipinski definition) is 2. The third-order valence-corrected chi connectivity index (χ3v) is 4.73. The van der Waals surface area contributed by atoms with Gasteiger partial charge in [0.1, 0.15) is 12.4 Å². The summed E-state index contributed by atoms with van der Waals surface area (Å²) < 4.78 is 18.3. The van der Waals surface area contributed by atoms with Gasteiger partial charge in [-0.3, -0.25) is 4.79 Å². The van der Waals surface area contributed by atoms with Crippen LogP contribution >= 0.6 is 11.6 Å². The summed E-state index contributed by atoms with van der Waals surface area (Å²) in [4.78, 5) is 17.6. The van der Waals surface area contributed by atoms with Crippen LogP contribution in [0.25, 0.3) is 0 Å². The second-order valence-corrected chi connectivity index (χ2v) is 7.04. The lowest BCUT2D eigenvalue weighted by Gasteiger charge is -2.20. The molecule has 1 aromatic carbocycles. The largest absolute Gasteiger partial charge is 0.383 e. The molecule has 2 N–H and O–H groups in total. The van der Waals surface area contributed by atoms with Gasteiger partial charge in [0, 0.05) is 44.7 Å². The number of likely N-dealkylation sites (N-methyl/N-ethyl adjacent to an activating group) is 1. The van der Waals surface area contributed by atoms with Crippen LogP contribution in [0.4, 0.5) is 4.39 Å². The zero-order valence-electron chi connectivity index (χ0n) is 15.4. The summed E-state index contributed by atoms with van der Waals surface area (Å²) in [6.45, 7) is 1.76. The number of ether oxygens (including phenoxy) is 1. The Bertz CT molecular complexity index is 663. The molecule has 1 saturated carbocycles. The topological polar surface area (TPSA) is 66.0 Å². The molecule has 8 heteroatoms. The van der Waals surface area contributed by atoms with E-state index in [0.717, 1.165) is 18.4 Å². The van der Waals surface area contributed by atoms with E-state index in [1.54, 1.807) is 27.3 Å². The molecular weight excluding hydrogens is 359 g/mol. The van der Waals surface area contributed by atoms with Gasteiger partial charge in [0.2, 0.25) is 5.91 Å². The average molecular weight is 385 g/mol. The first kappa shape index (κ1) is 20.5. The van der Waals surface area contributed by atoms with E-state index in [4.69, 9.17) is 16.3 Å². The minimum absolute atomic E-state index is 0.0552. The zero-order chi connectivity index (χ0) is 19.2. The van der Waals surface area contributed by atoms with E-state index in [0.29, 0.717) is 30.7 Å². The van der Waals surface area contributed by atoms with E-state index in [1.165, 1.54) is 17.0 Å². The van der Waals surface area contributed by atoms with Gasteiger partial charge in [0.05, 0.1) is 6.61 Å². The first-order valence-electron chi connectivity index (χ1n) is 8.55. The fraction of sp³-hybridized carbons (Fsp3) is 0.556. The maximum absolute atomic E-state index is 13.3. The normalized spacial score (nSPS) is 15.5. The number of amides is 1. The number of aliphatic imine (C=N–C) groups is 1. The van der Waals surface area contributed by atoms with Crippen molar-refractivity contribution in [3.8, 4) is 0 Å². The molecule has 0 spiro atoms. The van der Waals surface area contributed by atoms with Crippen LogP contribution in [0.3, 0.4) is 0 Å². The Morgan fingerprint density at radius 3 is 2.69 bits per heavy atom. The Hall–Kier alpha value is -1.86. The SMILES string of the molecule is COCCNC(=NCC(=O)N(C)C)NCC1(c2ccc(F)cc2Cl)CC1. The minimum atomic E-state index is -0.340. The smallest absolute Gasteiger partial charge is 0.243 e. The van der Waals surface area contributed by atoms with Gasteiger partial charge in [0.25, 0.3) is 0 Å². The summed E-state index contributed by atoms with van der Waals surface area (Å²) >= 11 is 6.23. The molecule has 0 atom stereocenters. The molecule has 0 unspecified atom stereocenters. The number of halogens is 2. The number of hydrogen-bond acceptors (Lipinski definition) is 3. The fourth-order valence-electron chi connectivity index (χ4n) is 2.60. The molecule has 144 valence electrons. The van der Waals surface area contributed by atoms with Crippen molar-refractivity contribution in [2.75, 3.05) is 47.4 Å². The van der Waals surface area contributed by atoms with Crippen LogP contribution in [-0.4, -0.2) is 64.2 Å². The van der Waals surface area contributed by atoms with Crippen LogP contribution in [0.2, 0.25) is 5.02 Å². The number of guanidine groups is 1. The molecule has 0 radical (unpaired) electrons. The molecule has 6 nitrogen and oxygen atoms in total.